The molecular weight excluding hydrogens is 338 g/mol. The average Bonchev–Trinajstić information content (AvgIpc) is 3.39. The van der Waals surface area contributed by atoms with Gasteiger partial charge in [-0.3, -0.25) is 9.69 Å². The van der Waals surface area contributed by atoms with Crippen LogP contribution in [-0.4, -0.2) is 44.7 Å². The second-order valence-corrected chi connectivity index (χ2v) is 12.4. The summed E-state index contributed by atoms with van der Waals surface area (Å²) in [6.45, 7) is 10.9. The van der Waals surface area contributed by atoms with Crippen LogP contribution in [0, 0.1) is 0 Å². The normalized spacial score (nSPS) is 20.0. The summed E-state index contributed by atoms with van der Waals surface area (Å²) in [5.74, 6) is 0.260. The average molecular weight is 368 g/mol. The van der Waals surface area contributed by atoms with E-state index in [2.05, 4.69) is 86.3 Å². The first-order valence-electron chi connectivity index (χ1n) is 9.36. The molecule has 2 aromatic rings. The Morgan fingerprint density at radius 3 is 1.92 bits per heavy atom. The molecule has 1 unspecified atom stereocenters. The zero-order valence-electron chi connectivity index (χ0n) is 16.2. The van der Waals surface area contributed by atoms with Crippen molar-refractivity contribution in [3.8, 4) is 0 Å². The minimum atomic E-state index is -2.45. The number of ketones is 1. The summed E-state index contributed by atoms with van der Waals surface area (Å²) >= 11 is 0. The summed E-state index contributed by atoms with van der Waals surface area (Å²) in [5.41, 5.74) is 0. The maximum atomic E-state index is 11.5. The van der Waals surface area contributed by atoms with Crippen LogP contribution in [0.4, 0.5) is 0 Å². The Bertz CT molecular complexity index is 700. The first-order valence-corrected chi connectivity index (χ1v) is 11.3. The van der Waals surface area contributed by atoms with E-state index in [0.717, 1.165) is 13.1 Å². The van der Waals surface area contributed by atoms with Crippen molar-refractivity contribution in [1.29, 1.82) is 0 Å². The summed E-state index contributed by atoms with van der Waals surface area (Å²) in [6, 6.07) is 21.5. The highest BCUT2D eigenvalue weighted by Gasteiger charge is 2.50. The lowest BCUT2D eigenvalue weighted by atomic mass is 10.2. The number of hydrogen-bond donors (Lipinski definition) is 0. The van der Waals surface area contributed by atoms with Gasteiger partial charge in [-0.15, -0.1) is 0 Å². The van der Waals surface area contributed by atoms with Crippen LogP contribution >= 0.6 is 0 Å². The summed E-state index contributed by atoms with van der Waals surface area (Å²) in [5, 5.41) is 2.59. The van der Waals surface area contributed by atoms with Crippen LogP contribution in [-0.2, 0) is 9.22 Å². The minimum Gasteiger partial charge on any atom is -0.406 e. The molecule has 0 spiro atoms. The number of carbonyl (C=O) groups is 1. The second-order valence-electron chi connectivity index (χ2n) is 8.13. The summed E-state index contributed by atoms with van der Waals surface area (Å²) < 4.78 is 6.83. The Morgan fingerprint density at radius 2 is 1.54 bits per heavy atom. The molecule has 0 N–H and O–H groups in total. The topological polar surface area (TPSA) is 29.3 Å². The van der Waals surface area contributed by atoms with Crippen molar-refractivity contribution in [3.05, 3.63) is 60.7 Å². The van der Waals surface area contributed by atoms with Gasteiger partial charge in [0, 0.05) is 19.7 Å². The van der Waals surface area contributed by atoms with Gasteiger partial charge in [0.1, 0.15) is 5.78 Å². The van der Waals surface area contributed by atoms with Gasteiger partial charge in [-0.2, -0.15) is 0 Å². The maximum absolute atomic E-state index is 11.5. The zero-order valence-corrected chi connectivity index (χ0v) is 17.2. The monoisotopic (exact) mass is 367 g/mol. The Kier molecular flexibility index (Phi) is 5.46. The van der Waals surface area contributed by atoms with E-state index in [0.29, 0.717) is 6.61 Å². The molecule has 4 heteroatoms. The number of rotatable bonds is 7. The van der Waals surface area contributed by atoms with E-state index in [-0.39, 0.29) is 16.9 Å². The van der Waals surface area contributed by atoms with Gasteiger partial charge < -0.3 is 4.43 Å². The summed E-state index contributed by atoms with van der Waals surface area (Å²) in [7, 11) is -2.45. The molecule has 138 valence electrons. The predicted octanol–water partition coefficient (Wildman–Crippen LogP) is 2.84. The molecular formula is C22H29NO2Si. The van der Waals surface area contributed by atoms with E-state index in [9.17, 15) is 4.79 Å². The van der Waals surface area contributed by atoms with Crippen LogP contribution in [0.15, 0.2) is 60.7 Å². The molecule has 0 radical (unpaired) electrons. The fourth-order valence-corrected chi connectivity index (χ4v) is 8.44. The van der Waals surface area contributed by atoms with Crippen LogP contribution in [0.25, 0.3) is 0 Å². The first-order chi connectivity index (χ1) is 12.4. The Hall–Kier alpha value is -1.75. The highest BCUT2D eigenvalue weighted by atomic mass is 28.4. The van der Waals surface area contributed by atoms with E-state index in [1.165, 1.54) is 10.4 Å². The van der Waals surface area contributed by atoms with Gasteiger partial charge in [0.05, 0.1) is 6.04 Å². The number of nitrogens with zero attached hydrogens (tertiary/aromatic N) is 1. The number of Topliss-reactive ketones (excluding diaryl/α,β-unsaturated/α-hetero) is 1. The third kappa shape index (κ3) is 3.68. The summed E-state index contributed by atoms with van der Waals surface area (Å²) in [6.07, 6.45) is 0. The Morgan fingerprint density at radius 1 is 1.04 bits per heavy atom. The van der Waals surface area contributed by atoms with E-state index >= 15 is 0 Å². The van der Waals surface area contributed by atoms with Gasteiger partial charge in [-0.05, 0) is 22.3 Å². The third-order valence-electron chi connectivity index (χ3n) is 5.30. The van der Waals surface area contributed by atoms with Gasteiger partial charge in [0.15, 0.2) is 0 Å². The molecule has 2 atom stereocenters. The fraction of sp³-hybridized carbons (Fsp3) is 0.409. The van der Waals surface area contributed by atoms with Crippen LogP contribution in [0.5, 0.6) is 0 Å². The molecule has 1 aliphatic rings. The molecule has 1 saturated heterocycles. The highest BCUT2D eigenvalue weighted by molar-refractivity contribution is 6.99. The molecule has 0 saturated carbocycles. The quantitative estimate of drug-likeness (QED) is 0.557. The molecule has 26 heavy (non-hydrogen) atoms. The van der Waals surface area contributed by atoms with Gasteiger partial charge >= 0.3 is 0 Å². The number of carbonyl (C=O) groups excluding carboxylic acids is 1. The molecule has 1 aliphatic heterocycles. The van der Waals surface area contributed by atoms with Gasteiger partial charge in [0.2, 0.25) is 0 Å². The van der Waals surface area contributed by atoms with Gasteiger partial charge in [-0.25, -0.2) is 0 Å². The molecule has 0 aromatic heterocycles. The van der Waals surface area contributed by atoms with Crippen molar-refractivity contribution >= 4 is 24.5 Å². The van der Waals surface area contributed by atoms with Crippen molar-refractivity contribution < 1.29 is 9.22 Å². The zero-order chi connectivity index (χ0) is 18.8. The van der Waals surface area contributed by atoms with Crippen molar-refractivity contribution in [3.63, 3.8) is 0 Å². The van der Waals surface area contributed by atoms with Crippen molar-refractivity contribution in [2.24, 2.45) is 0 Å². The van der Waals surface area contributed by atoms with Crippen molar-refractivity contribution in [2.75, 3.05) is 19.7 Å². The number of hydrogen-bond acceptors (Lipinski definition) is 3. The SMILES string of the molecule is CC(=O)[C@@H]1CN1CCO[Si](c1ccccc1)(c1ccccc1)C(C)(C)C. The van der Waals surface area contributed by atoms with Crippen molar-refractivity contribution in [2.45, 2.75) is 38.8 Å². The molecule has 1 heterocycles. The Labute approximate surface area is 158 Å². The van der Waals surface area contributed by atoms with Crippen LogP contribution in [0.3, 0.4) is 0 Å². The maximum Gasteiger partial charge on any atom is 0.261 e. The van der Waals surface area contributed by atoms with Gasteiger partial charge in [0.25, 0.3) is 8.32 Å². The van der Waals surface area contributed by atoms with E-state index in [4.69, 9.17) is 4.43 Å². The Balaban J connectivity index is 1.92. The van der Waals surface area contributed by atoms with E-state index in [1.807, 2.05) is 0 Å². The molecule has 0 bridgehead atoms. The van der Waals surface area contributed by atoms with Crippen LogP contribution in [0.1, 0.15) is 27.7 Å². The molecule has 3 nitrogen and oxygen atoms in total. The molecule has 3 rings (SSSR count). The lowest BCUT2D eigenvalue weighted by Gasteiger charge is -2.43. The standard InChI is InChI=1S/C22H29NO2Si/c1-18(24)21-17-23(21)15-16-25-26(22(2,3)4,19-11-7-5-8-12-19)20-13-9-6-10-14-20/h5-14,21H,15-17H2,1-4H3/t21-,23?/m0/s1. The fourth-order valence-electron chi connectivity index (χ4n) is 3.89. The largest absolute Gasteiger partial charge is 0.406 e. The molecule has 1 fully saturated rings. The first kappa shape index (κ1) is 19.0. The summed E-state index contributed by atoms with van der Waals surface area (Å²) in [4.78, 5) is 13.7. The van der Waals surface area contributed by atoms with E-state index < -0.39 is 8.32 Å². The van der Waals surface area contributed by atoms with Crippen molar-refractivity contribution in [1.82, 2.24) is 4.90 Å². The van der Waals surface area contributed by atoms with Crippen LogP contribution < -0.4 is 10.4 Å². The van der Waals surface area contributed by atoms with Crippen LogP contribution in [0.2, 0.25) is 5.04 Å². The smallest absolute Gasteiger partial charge is 0.261 e. The molecule has 2 aromatic carbocycles. The molecule has 0 aliphatic carbocycles. The molecule has 0 amide bonds. The third-order valence-corrected chi connectivity index (χ3v) is 10.3. The van der Waals surface area contributed by atoms with E-state index in [1.54, 1.807) is 6.92 Å². The number of benzene rings is 2. The minimum absolute atomic E-state index is 0.00539. The second kappa shape index (κ2) is 7.47. The highest BCUT2D eigenvalue weighted by Crippen LogP contribution is 2.36. The lowest BCUT2D eigenvalue weighted by molar-refractivity contribution is -0.117. The predicted molar refractivity (Wildman–Crippen MR) is 110 cm³/mol. The van der Waals surface area contributed by atoms with Gasteiger partial charge in [-0.1, -0.05) is 81.4 Å². The lowest BCUT2D eigenvalue weighted by Crippen LogP contribution is -2.66.